The number of aromatic nitrogens is 1. The van der Waals surface area contributed by atoms with Crippen molar-refractivity contribution < 1.29 is 13.9 Å². The first-order chi connectivity index (χ1) is 20.0. The summed E-state index contributed by atoms with van der Waals surface area (Å²) < 4.78 is 20.5. The minimum absolute atomic E-state index is 0.00190. The molecule has 212 valence electrons. The van der Waals surface area contributed by atoms with E-state index < -0.39 is 5.82 Å². The number of allylic oxidation sites excluding steroid dienone is 2. The van der Waals surface area contributed by atoms with Crippen molar-refractivity contribution in [1.82, 2.24) is 31.2 Å². The van der Waals surface area contributed by atoms with Gasteiger partial charge < -0.3 is 14.5 Å². The van der Waals surface area contributed by atoms with E-state index in [1.54, 1.807) is 6.07 Å². The Morgan fingerprint density at radius 1 is 1.17 bits per heavy atom. The lowest BCUT2D eigenvalue weighted by molar-refractivity contribution is 0.0706. The molecule has 1 aromatic heterocycles. The summed E-state index contributed by atoms with van der Waals surface area (Å²) in [5.74, 6) is 1.60. The number of hydrazine groups is 2. The van der Waals surface area contributed by atoms with Crippen molar-refractivity contribution in [3.8, 4) is 0 Å². The minimum atomic E-state index is -0.550. The van der Waals surface area contributed by atoms with Crippen molar-refractivity contribution in [3.63, 3.8) is 0 Å². The Balaban J connectivity index is 1.02. The molecule has 3 N–H and O–H groups in total. The fourth-order valence-corrected chi connectivity index (χ4v) is 8.04. The fraction of sp³-hybridized carbons (Fsp3) is 0.400. The minimum Gasteiger partial charge on any atom is -0.492 e. The first-order valence-corrected chi connectivity index (χ1v) is 14.7. The Morgan fingerprint density at radius 3 is 2.68 bits per heavy atom. The maximum absolute atomic E-state index is 14.6. The molecule has 4 saturated heterocycles. The molecule has 1 aromatic carbocycles. The number of nitrogens with one attached hydrogen (secondary N) is 3. The SMILES string of the molecule is CCOC1=CN2NC3NNCC3=C2C(c2ccc(N3C[C@@H]4C5CCC([C@@H]4C3)N5C(=O)c3c(F)cccc3Cl)nc2)=C1. The van der Waals surface area contributed by atoms with E-state index in [1.165, 1.54) is 17.7 Å². The second-order valence-electron chi connectivity index (χ2n) is 11.5. The van der Waals surface area contributed by atoms with Crippen LogP contribution in [0.4, 0.5) is 10.2 Å². The van der Waals surface area contributed by atoms with Gasteiger partial charge in [-0.15, -0.1) is 0 Å². The van der Waals surface area contributed by atoms with Crippen LogP contribution >= 0.6 is 11.6 Å². The van der Waals surface area contributed by atoms with Crippen molar-refractivity contribution in [1.29, 1.82) is 0 Å². The van der Waals surface area contributed by atoms with Crippen LogP contribution in [0.25, 0.3) is 5.57 Å². The number of benzene rings is 1. The number of rotatable bonds is 5. The van der Waals surface area contributed by atoms with Gasteiger partial charge >= 0.3 is 0 Å². The Morgan fingerprint density at radius 2 is 1.98 bits per heavy atom. The molecule has 2 bridgehead atoms. The summed E-state index contributed by atoms with van der Waals surface area (Å²) in [6.45, 7) is 4.99. The summed E-state index contributed by atoms with van der Waals surface area (Å²) in [4.78, 5) is 22.7. The van der Waals surface area contributed by atoms with E-state index in [9.17, 15) is 9.18 Å². The largest absolute Gasteiger partial charge is 0.492 e. The molecule has 6 aliphatic heterocycles. The summed E-state index contributed by atoms with van der Waals surface area (Å²) >= 11 is 6.26. The number of ether oxygens (including phenoxy) is 1. The Kier molecular flexibility index (Phi) is 5.89. The highest BCUT2D eigenvalue weighted by molar-refractivity contribution is 6.33. The molecule has 6 aliphatic rings. The highest BCUT2D eigenvalue weighted by Crippen LogP contribution is 2.51. The van der Waals surface area contributed by atoms with Gasteiger partial charge in [0.25, 0.3) is 5.91 Å². The van der Waals surface area contributed by atoms with Gasteiger partial charge in [0.05, 0.1) is 29.1 Å². The van der Waals surface area contributed by atoms with E-state index in [0.717, 1.165) is 60.9 Å². The van der Waals surface area contributed by atoms with E-state index in [4.69, 9.17) is 21.3 Å². The van der Waals surface area contributed by atoms with Crippen LogP contribution in [0.1, 0.15) is 35.7 Å². The van der Waals surface area contributed by atoms with Gasteiger partial charge in [0.1, 0.15) is 23.6 Å². The summed E-state index contributed by atoms with van der Waals surface area (Å²) in [6, 6.07) is 8.87. The molecule has 7 heterocycles. The van der Waals surface area contributed by atoms with Crippen LogP contribution in [0.3, 0.4) is 0 Å². The van der Waals surface area contributed by atoms with E-state index >= 15 is 0 Å². The normalized spacial score (nSPS) is 29.5. The predicted molar refractivity (Wildman–Crippen MR) is 152 cm³/mol. The molecule has 5 atom stereocenters. The smallest absolute Gasteiger partial charge is 0.258 e. The number of carbonyl (C=O) groups is 1. The van der Waals surface area contributed by atoms with Crippen LogP contribution in [0.15, 0.2) is 65.8 Å². The number of halogens is 2. The summed E-state index contributed by atoms with van der Waals surface area (Å²) in [6.07, 6.45) is 7.96. The number of hydrogen-bond acceptors (Lipinski definition) is 8. The molecule has 8 rings (SSSR count). The van der Waals surface area contributed by atoms with Gasteiger partial charge in [0, 0.05) is 66.5 Å². The molecule has 0 radical (unpaired) electrons. The zero-order valence-electron chi connectivity index (χ0n) is 22.6. The lowest BCUT2D eigenvalue weighted by atomic mass is 9.82. The van der Waals surface area contributed by atoms with Crippen LogP contribution in [-0.4, -0.2) is 65.3 Å². The molecule has 2 aromatic rings. The molecule has 0 spiro atoms. The maximum atomic E-state index is 14.6. The molecule has 0 saturated carbocycles. The third-order valence-electron chi connectivity index (χ3n) is 9.46. The summed E-state index contributed by atoms with van der Waals surface area (Å²) in [5.41, 5.74) is 14.4. The first-order valence-electron chi connectivity index (χ1n) is 14.3. The second-order valence-corrected chi connectivity index (χ2v) is 11.9. The van der Waals surface area contributed by atoms with Crippen LogP contribution in [0, 0.1) is 17.7 Å². The van der Waals surface area contributed by atoms with E-state index in [0.29, 0.717) is 18.4 Å². The topological polar surface area (TPSA) is 85.0 Å². The zero-order valence-corrected chi connectivity index (χ0v) is 23.4. The quantitative estimate of drug-likeness (QED) is 0.500. The zero-order chi connectivity index (χ0) is 27.8. The lowest BCUT2D eigenvalue weighted by Gasteiger charge is -2.28. The Bertz CT molecular complexity index is 1480. The number of fused-ring (bicyclic) bond motifs is 7. The summed E-state index contributed by atoms with van der Waals surface area (Å²) in [5, 5.41) is 2.22. The lowest BCUT2D eigenvalue weighted by Crippen LogP contribution is -2.44. The number of hydrogen-bond donors (Lipinski definition) is 3. The predicted octanol–water partition coefficient (Wildman–Crippen LogP) is 3.40. The van der Waals surface area contributed by atoms with Gasteiger partial charge in [0.15, 0.2) is 0 Å². The van der Waals surface area contributed by atoms with Crippen molar-refractivity contribution >= 4 is 28.9 Å². The fourth-order valence-electron chi connectivity index (χ4n) is 7.80. The van der Waals surface area contributed by atoms with Gasteiger partial charge in [0.2, 0.25) is 0 Å². The molecule has 11 heteroatoms. The van der Waals surface area contributed by atoms with Crippen LogP contribution in [0.2, 0.25) is 5.02 Å². The van der Waals surface area contributed by atoms with Crippen molar-refractivity contribution in [2.75, 3.05) is 31.1 Å². The maximum Gasteiger partial charge on any atom is 0.258 e. The second kappa shape index (κ2) is 9.55. The van der Waals surface area contributed by atoms with Gasteiger partial charge in [-0.3, -0.25) is 15.2 Å². The molecule has 3 unspecified atom stereocenters. The molecule has 4 fully saturated rings. The molecule has 9 nitrogen and oxygen atoms in total. The Labute approximate surface area is 242 Å². The highest BCUT2D eigenvalue weighted by Gasteiger charge is 2.58. The average molecular weight is 576 g/mol. The van der Waals surface area contributed by atoms with Gasteiger partial charge in [-0.25, -0.2) is 20.2 Å². The molecule has 0 aliphatic carbocycles. The molecule has 41 heavy (non-hydrogen) atoms. The van der Waals surface area contributed by atoms with Gasteiger partial charge in [-0.05, 0) is 50.1 Å². The third-order valence-corrected chi connectivity index (χ3v) is 9.78. The number of anilines is 1. The monoisotopic (exact) mass is 575 g/mol. The van der Waals surface area contributed by atoms with E-state index in [-0.39, 0.29) is 34.7 Å². The van der Waals surface area contributed by atoms with Crippen LogP contribution < -0.4 is 21.2 Å². The average Bonchev–Trinajstić information content (AvgIpc) is 3.77. The molecular formula is C30H31ClFN7O2. The molecular weight excluding hydrogens is 545 g/mol. The van der Waals surface area contributed by atoms with Crippen molar-refractivity contribution in [2.24, 2.45) is 11.8 Å². The number of pyridine rings is 1. The first kappa shape index (κ1) is 25.3. The number of amides is 1. The summed E-state index contributed by atoms with van der Waals surface area (Å²) in [7, 11) is 0. The number of nitrogens with zero attached hydrogens (tertiary/aromatic N) is 4. The number of carbonyl (C=O) groups excluding carboxylic acids is 1. The van der Waals surface area contributed by atoms with Crippen LogP contribution in [-0.2, 0) is 4.74 Å². The van der Waals surface area contributed by atoms with Gasteiger partial charge in [-0.2, -0.15) is 0 Å². The van der Waals surface area contributed by atoms with Crippen molar-refractivity contribution in [3.05, 3.63) is 87.8 Å². The standard InChI is InChI=1S/C30H31ClFN7O2/c1-2-41-17-10-18(28-19-12-34-35-29(19)36-38(28)13-17)16-6-9-26(33-11-16)37-14-20-21(15-37)25-8-7-24(20)39(25)30(40)27-22(31)4-3-5-23(27)32/h3-6,9-11,13,20-21,24-25,29,34-36H,2,7-8,12,14-15H2,1H3/t20-,21+,24?,25?,29?. The van der Waals surface area contributed by atoms with Gasteiger partial charge in [-0.1, -0.05) is 17.7 Å². The molecule has 1 amide bonds. The van der Waals surface area contributed by atoms with Crippen molar-refractivity contribution in [2.45, 2.75) is 38.0 Å². The highest BCUT2D eigenvalue weighted by atomic mass is 35.5. The van der Waals surface area contributed by atoms with E-state index in [1.807, 2.05) is 29.2 Å². The van der Waals surface area contributed by atoms with E-state index in [2.05, 4.69) is 39.4 Å². The third kappa shape index (κ3) is 3.85. The van der Waals surface area contributed by atoms with Crippen LogP contribution in [0.5, 0.6) is 0 Å². The Hall–Kier alpha value is -3.44.